The maximum atomic E-state index is 5.65. The Labute approximate surface area is 120 Å². The van der Waals surface area contributed by atoms with Gasteiger partial charge in [0.15, 0.2) is 0 Å². The minimum Gasteiger partial charge on any atom is -0.497 e. The lowest BCUT2D eigenvalue weighted by Gasteiger charge is -2.04. The first-order valence-electron chi connectivity index (χ1n) is 6.10. The fourth-order valence-corrected chi connectivity index (χ4v) is 2.37. The molecule has 0 fully saturated rings. The van der Waals surface area contributed by atoms with Gasteiger partial charge in [-0.25, -0.2) is 4.98 Å². The number of hydrogen-bond acceptors (Lipinski definition) is 5. The minimum atomic E-state index is 0.376. The first-order chi connectivity index (χ1) is 9.85. The third kappa shape index (κ3) is 2.83. The van der Waals surface area contributed by atoms with Crippen molar-refractivity contribution < 1.29 is 13.9 Å². The van der Waals surface area contributed by atoms with E-state index < -0.39 is 0 Å². The van der Waals surface area contributed by atoms with Crippen molar-refractivity contribution in [2.45, 2.75) is 6.61 Å². The zero-order valence-electron chi connectivity index (χ0n) is 10.9. The van der Waals surface area contributed by atoms with E-state index in [1.54, 1.807) is 24.7 Å². The molecule has 4 nitrogen and oxygen atoms in total. The van der Waals surface area contributed by atoms with Crippen LogP contribution in [0.4, 0.5) is 0 Å². The topological polar surface area (TPSA) is 44.5 Å². The van der Waals surface area contributed by atoms with Crippen LogP contribution >= 0.6 is 11.3 Å². The summed E-state index contributed by atoms with van der Waals surface area (Å²) in [6.07, 6.45) is 1.62. The van der Waals surface area contributed by atoms with Gasteiger partial charge in [0.05, 0.1) is 12.0 Å². The van der Waals surface area contributed by atoms with Gasteiger partial charge in [-0.1, -0.05) is 6.07 Å². The summed E-state index contributed by atoms with van der Waals surface area (Å²) in [5, 5.41) is 1.99. The van der Waals surface area contributed by atoms with Gasteiger partial charge in [-0.3, -0.25) is 0 Å². The molecule has 2 aromatic heterocycles. The van der Waals surface area contributed by atoms with Crippen LogP contribution in [-0.4, -0.2) is 12.1 Å². The zero-order chi connectivity index (χ0) is 13.8. The van der Waals surface area contributed by atoms with Gasteiger partial charge in [0.1, 0.15) is 30.1 Å². The third-order valence-electron chi connectivity index (χ3n) is 2.73. The summed E-state index contributed by atoms with van der Waals surface area (Å²) < 4.78 is 16.2. The van der Waals surface area contributed by atoms with Gasteiger partial charge in [-0.15, -0.1) is 11.3 Å². The molecule has 0 unspecified atom stereocenters. The summed E-state index contributed by atoms with van der Waals surface area (Å²) in [4.78, 5) is 5.41. The largest absolute Gasteiger partial charge is 0.497 e. The van der Waals surface area contributed by atoms with Gasteiger partial charge in [0.25, 0.3) is 0 Å². The smallest absolute Gasteiger partial charge is 0.236 e. The number of thiophene rings is 1. The van der Waals surface area contributed by atoms with Crippen LogP contribution in [-0.2, 0) is 6.61 Å². The van der Waals surface area contributed by atoms with Crippen LogP contribution in [0.15, 0.2) is 52.5 Å². The standard InChI is InChI=1S/C15H13NO3S/c1-17-12-4-6-13(7-5-12)18-9-11-10-19-15(16-11)14-3-2-8-20-14/h2-8,10H,9H2,1H3. The second-order valence-electron chi connectivity index (χ2n) is 4.09. The Morgan fingerprint density at radius 2 is 1.95 bits per heavy atom. The monoisotopic (exact) mass is 287 g/mol. The highest BCUT2D eigenvalue weighted by atomic mass is 32.1. The maximum Gasteiger partial charge on any atom is 0.236 e. The van der Waals surface area contributed by atoms with Crippen LogP contribution < -0.4 is 9.47 Å². The van der Waals surface area contributed by atoms with Crippen LogP contribution in [0.1, 0.15) is 5.69 Å². The highest BCUT2D eigenvalue weighted by Crippen LogP contribution is 2.24. The molecule has 0 saturated heterocycles. The molecule has 1 aromatic carbocycles. The lowest BCUT2D eigenvalue weighted by Crippen LogP contribution is -1.95. The van der Waals surface area contributed by atoms with Crippen molar-refractivity contribution in [3.8, 4) is 22.3 Å². The molecular formula is C15H13NO3S. The van der Waals surface area contributed by atoms with Gasteiger partial charge in [0, 0.05) is 0 Å². The number of methoxy groups -OCH3 is 1. The molecule has 0 saturated carbocycles. The Morgan fingerprint density at radius 1 is 1.15 bits per heavy atom. The van der Waals surface area contributed by atoms with Crippen molar-refractivity contribution in [2.75, 3.05) is 7.11 Å². The summed E-state index contributed by atoms with van der Waals surface area (Å²) >= 11 is 1.60. The quantitative estimate of drug-likeness (QED) is 0.711. The molecule has 0 radical (unpaired) electrons. The number of hydrogen-bond donors (Lipinski definition) is 0. The van der Waals surface area contributed by atoms with Crippen LogP contribution in [0.2, 0.25) is 0 Å². The number of ether oxygens (including phenoxy) is 2. The Bertz CT molecular complexity index is 659. The Balaban J connectivity index is 1.63. The molecule has 3 aromatic rings. The molecule has 0 amide bonds. The molecule has 0 aliphatic carbocycles. The molecule has 0 spiro atoms. The first kappa shape index (κ1) is 12.7. The second-order valence-corrected chi connectivity index (χ2v) is 5.03. The van der Waals surface area contributed by atoms with E-state index in [1.807, 2.05) is 41.8 Å². The Hall–Kier alpha value is -2.27. The van der Waals surface area contributed by atoms with Gasteiger partial charge in [-0.2, -0.15) is 0 Å². The summed E-state index contributed by atoms with van der Waals surface area (Å²) in [6.45, 7) is 0.376. The van der Waals surface area contributed by atoms with Crippen LogP contribution in [0, 0.1) is 0 Å². The molecule has 0 atom stereocenters. The normalized spacial score (nSPS) is 10.4. The van der Waals surface area contributed by atoms with E-state index in [-0.39, 0.29) is 0 Å². The molecule has 0 aliphatic heterocycles. The van der Waals surface area contributed by atoms with Crippen LogP contribution in [0.25, 0.3) is 10.8 Å². The highest BCUT2D eigenvalue weighted by molar-refractivity contribution is 7.13. The van der Waals surface area contributed by atoms with Crippen molar-refractivity contribution >= 4 is 11.3 Å². The van der Waals surface area contributed by atoms with Crippen molar-refractivity contribution in [1.29, 1.82) is 0 Å². The van der Waals surface area contributed by atoms with Crippen molar-refractivity contribution in [3.63, 3.8) is 0 Å². The summed E-state index contributed by atoms with van der Waals surface area (Å²) in [5.74, 6) is 2.21. The number of nitrogens with zero attached hydrogens (tertiary/aromatic N) is 1. The predicted octanol–water partition coefficient (Wildman–Crippen LogP) is 3.99. The predicted molar refractivity (Wildman–Crippen MR) is 77.1 cm³/mol. The fourth-order valence-electron chi connectivity index (χ4n) is 1.72. The molecular weight excluding hydrogens is 274 g/mol. The fraction of sp³-hybridized carbons (Fsp3) is 0.133. The van der Waals surface area contributed by atoms with Gasteiger partial charge >= 0.3 is 0 Å². The molecule has 20 heavy (non-hydrogen) atoms. The lowest BCUT2D eigenvalue weighted by molar-refractivity contribution is 0.300. The van der Waals surface area contributed by atoms with Crippen LogP contribution in [0.5, 0.6) is 11.5 Å². The van der Waals surface area contributed by atoms with E-state index in [0.717, 1.165) is 22.1 Å². The second kappa shape index (κ2) is 5.79. The minimum absolute atomic E-state index is 0.376. The maximum absolute atomic E-state index is 5.65. The van der Waals surface area contributed by atoms with E-state index in [2.05, 4.69) is 4.98 Å². The number of benzene rings is 1. The van der Waals surface area contributed by atoms with E-state index in [4.69, 9.17) is 13.9 Å². The molecule has 0 N–H and O–H groups in total. The summed E-state index contributed by atoms with van der Waals surface area (Å²) in [6, 6.07) is 11.4. The van der Waals surface area contributed by atoms with Crippen molar-refractivity contribution in [2.24, 2.45) is 0 Å². The number of oxazole rings is 1. The summed E-state index contributed by atoms with van der Waals surface area (Å²) in [7, 11) is 1.64. The third-order valence-corrected chi connectivity index (χ3v) is 3.59. The molecule has 3 rings (SSSR count). The van der Waals surface area contributed by atoms with Crippen molar-refractivity contribution in [3.05, 3.63) is 53.7 Å². The van der Waals surface area contributed by atoms with E-state index in [0.29, 0.717) is 12.5 Å². The Morgan fingerprint density at radius 3 is 2.65 bits per heavy atom. The average Bonchev–Trinajstić information content (AvgIpc) is 3.16. The van der Waals surface area contributed by atoms with E-state index in [1.165, 1.54) is 0 Å². The van der Waals surface area contributed by atoms with Crippen molar-refractivity contribution in [1.82, 2.24) is 4.98 Å². The molecule has 102 valence electrons. The molecule has 0 bridgehead atoms. The van der Waals surface area contributed by atoms with Gasteiger partial charge < -0.3 is 13.9 Å². The van der Waals surface area contributed by atoms with E-state index >= 15 is 0 Å². The molecule has 0 aliphatic rings. The molecule has 2 heterocycles. The zero-order valence-corrected chi connectivity index (χ0v) is 11.7. The number of aromatic nitrogens is 1. The Kier molecular flexibility index (Phi) is 3.69. The van der Waals surface area contributed by atoms with Crippen LogP contribution in [0.3, 0.4) is 0 Å². The first-order valence-corrected chi connectivity index (χ1v) is 6.98. The average molecular weight is 287 g/mol. The van der Waals surface area contributed by atoms with E-state index in [9.17, 15) is 0 Å². The summed E-state index contributed by atoms with van der Waals surface area (Å²) in [5.41, 5.74) is 0.768. The lowest BCUT2D eigenvalue weighted by atomic mass is 10.3. The highest BCUT2D eigenvalue weighted by Gasteiger charge is 2.07. The SMILES string of the molecule is COc1ccc(OCc2coc(-c3cccs3)n2)cc1. The number of rotatable bonds is 5. The van der Waals surface area contributed by atoms with Gasteiger partial charge in [0.2, 0.25) is 5.89 Å². The molecule has 5 heteroatoms. The van der Waals surface area contributed by atoms with Gasteiger partial charge in [-0.05, 0) is 35.7 Å².